The van der Waals surface area contributed by atoms with Crippen LogP contribution < -0.4 is 9.64 Å². The Morgan fingerprint density at radius 1 is 1.14 bits per heavy atom. The van der Waals surface area contributed by atoms with Gasteiger partial charge >= 0.3 is 0 Å². The van der Waals surface area contributed by atoms with Gasteiger partial charge in [0, 0.05) is 45.0 Å². The highest BCUT2D eigenvalue weighted by Gasteiger charge is 2.18. The van der Waals surface area contributed by atoms with Crippen molar-refractivity contribution in [3.63, 3.8) is 0 Å². The first-order valence-corrected chi connectivity index (χ1v) is 7.71. The summed E-state index contributed by atoms with van der Waals surface area (Å²) in [4.78, 5) is 13.5. The fraction of sp³-hybridized carbons (Fsp3) is 0.375. The summed E-state index contributed by atoms with van der Waals surface area (Å²) in [6, 6.07) is 9.75. The van der Waals surface area contributed by atoms with Crippen LogP contribution in [0.3, 0.4) is 0 Å². The van der Waals surface area contributed by atoms with Gasteiger partial charge in [-0.15, -0.1) is 0 Å². The number of pyridine rings is 2. The molecule has 2 aromatic heterocycles. The van der Waals surface area contributed by atoms with Gasteiger partial charge < -0.3 is 9.64 Å². The standard InChI is InChI=1S/C16H19ClN4O/c1-22-16-4-2-3-14(19-16)12-20-7-9-21(10-8-20)15-6-5-13(17)11-18-15/h2-6,11H,7-10,12H2,1H3. The largest absolute Gasteiger partial charge is 0.481 e. The summed E-state index contributed by atoms with van der Waals surface area (Å²) in [5.74, 6) is 1.66. The summed E-state index contributed by atoms with van der Waals surface area (Å²) in [6.07, 6.45) is 1.70. The van der Waals surface area contributed by atoms with Gasteiger partial charge in [-0.3, -0.25) is 4.90 Å². The van der Waals surface area contributed by atoms with Crippen LogP contribution in [-0.2, 0) is 6.54 Å². The minimum atomic E-state index is 0.668. The highest BCUT2D eigenvalue weighted by Crippen LogP contribution is 2.17. The van der Waals surface area contributed by atoms with Crippen molar-refractivity contribution in [2.75, 3.05) is 38.2 Å². The molecule has 0 atom stereocenters. The second kappa shape index (κ2) is 6.94. The van der Waals surface area contributed by atoms with Crippen molar-refractivity contribution in [2.45, 2.75) is 6.54 Å². The van der Waals surface area contributed by atoms with E-state index in [2.05, 4.69) is 19.8 Å². The Hall–Kier alpha value is -1.85. The summed E-state index contributed by atoms with van der Waals surface area (Å²) in [7, 11) is 1.64. The van der Waals surface area contributed by atoms with Crippen LogP contribution in [-0.4, -0.2) is 48.2 Å². The summed E-state index contributed by atoms with van der Waals surface area (Å²) in [6.45, 7) is 4.74. The van der Waals surface area contributed by atoms with Crippen LogP contribution >= 0.6 is 11.6 Å². The number of halogens is 1. The molecule has 22 heavy (non-hydrogen) atoms. The highest BCUT2D eigenvalue weighted by atomic mass is 35.5. The number of hydrogen-bond donors (Lipinski definition) is 0. The van der Waals surface area contributed by atoms with Gasteiger partial charge in [0.25, 0.3) is 0 Å². The number of rotatable bonds is 4. The maximum atomic E-state index is 5.88. The SMILES string of the molecule is COc1cccc(CN2CCN(c3ccc(Cl)cn3)CC2)n1. The molecule has 1 fully saturated rings. The Bertz CT molecular complexity index is 612. The van der Waals surface area contributed by atoms with E-state index in [0.717, 1.165) is 44.2 Å². The van der Waals surface area contributed by atoms with Crippen LogP contribution in [0.15, 0.2) is 36.5 Å². The third kappa shape index (κ3) is 3.67. The molecule has 3 heterocycles. The summed E-state index contributed by atoms with van der Waals surface area (Å²) in [5.41, 5.74) is 1.04. The van der Waals surface area contributed by atoms with Gasteiger partial charge in [0.05, 0.1) is 17.8 Å². The Morgan fingerprint density at radius 2 is 1.95 bits per heavy atom. The maximum Gasteiger partial charge on any atom is 0.213 e. The van der Waals surface area contributed by atoms with E-state index in [1.165, 1.54) is 0 Å². The fourth-order valence-electron chi connectivity index (χ4n) is 2.58. The van der Waals surface area contributed by atoms with Gasteiger partial charge in [0.1, 0.15) is 5.82 Å². The molecule has 116 valence electrons. The molecule has 1 saturated heterocycles. The molecule has 0 aromatic carbocycles. The van der Waals surface area contributed by atoms with Crippen molar-refractivity contribution in [1.29, 1.82) is 0 Å². The zero-order valence-corrected chi connectivity index (χ0v) is 13.3. The van der Waals surface area contributed by atoms with Crippen LogP contribution in [0.1, 0.15) is 5.69 Å². The van der Waals surface area contributed by atoms with E-state index < -0.39 is 0 Å². The average Bonchev–Trinajstić information content (AvgIpc) is 2.57. The van der Waals surface area contributed by atoms with Crippen LogP contribution in [0.25, 0.3) is 0 Å². The van der Waals surface area contributed by atoms with Gasteiger partial charge in [-0.05, 0) is 18.2 Å². The van der Waals surface area contributed by atoms with Crippen molar-refractivity contribution in [2.24, 2.45) is 0 Å². The number of aromatic nitrogens is 2. The van der Waals surface area contributed by atoms with E-state index >= 15 is 0 Å². The topological polar surface area (TPSA) is 41.5 Å². The Labute approximate surface area is 135 Å². The number of methoxy groups -OCH3 is 1. The Balaban J connectivity index is 1.56. The fourth-order valence-corrected chi connectivity index (χ4v) is 2.69. The monoisotopic (exact) mass is 318 g/mol. The quantitative estimate of drug-likeness (QED) is 0.866. The van der Waals surface area contributed by atoms with Crippen LogP contribution in [0.5, 0.6) is 5.88 Å². The summed E-state index contributed by atoms with van der Waals surface area (Å²) >= 11 is 5.88. The molecule has 0 aliphatic carbocycles. The Kier molecular flexibility index (Phi) is 4.75. The van der Waals surface area contributed by atoms with Crippen LogP contribution in [0, 0.1) is 0 Å². The minimum Gasteiger partial charge on any atom is -0.481 e. The lowest BCUT2D eigenvalue weighted by atomic mass is 10.2. The lowest BCUT2D eigenvalue weighted by Gasteiger charge is -2.35. The average molecular weight is 319 g/mol. The second-order valence-electron chi connectivity index (χ2n) is 5.27. The molecular formula is C16H19ClN4O. The van der Waals surface area contributed by atoms with Crippen molar-refractivity contribution in [1.82, 2.24) is 14.9 Å². The number of hydrogen-bond acceptors (Lipinski definition) is 5. The van der Waals surface area contributed by atoms with Crippen LogP contribution in [0.2, 0.25) is 5.02 Å². The first-order valence-electron chi connectivity index (χ1n) is 7.33. The predicted molar refractivity (Wildman–Crippen MR) is 87.5 cm³/mol. The van der Waals surface area contributed by atoms with E-state index in [0.29, 0.717) is 10.9 Å². The van der Waals surface area contributed by atoms with E-state index in [-0.39, 0.29) is 0 Å². The molecule has 1 aliphatic rings. The van der Waals surface area contributed by atoms with Crippen molar-refractivity contribution >= 4 is 17.4 Å². The zero-order chi connectivity index (χ0) is 15.4. The lowest BCUT2D eigenvalue weighted by Crippen LogP contribution is -2.46. The van der Waals surface area contributed by atoms with E-state index in [4.69, 9.17) is 16.3 Å². The molecule has 0 N–H and O–H groups in total. The number of nitrogens with zero attached hydrogens (tertiary/aromatic N) is 4. The summed E-state index contributed by atoms with van der Waals surface area (Å²) in [5, 5.41) is 0.673. The first-order chi connectivity index (χ1) is 10.7. The van der Waals surface area contributed by atoms with Crippen molar-refractivity contribution in [3.8, 4) is 5.88 Å². The van der Waals surface area contributed by atoms with Gasteiger partial charge in [0.2, 0.25) is 5.88 Å². The molecular weight excluding hydrogens is 300 g/mol. The zero-order valence-electron chi connectivity index (χ0n) is 12.6. The van der Waals surface area contributed by atoms with Crippen LogP contribution in [0.4, 0.5) is 5.82 Å². The van der Waals surface area contributed by atoms with Crippen molar-refractivity contribution < 1.29 is 4.74 Å². The normalized spacial score (nSPS) is 15.8. The van der Waals surface area contributed by atoms with Gasteiger partial charge in [-0.2, -0.15) is 0 Å². The molecule has 3 rings (SSSR count). The van der Waals surface area contributed by atoms with Gasteiger partial charge in [-0.1, -0.05) is 17.7 Å². The van der Waals surface area contributed by atoms with E-state index in [1.54, 1.807) is 13.3 Å². The molecule has 1 aliphatic heterocycles. The molecule has 6 heteroatoms. The molecule has 0 saturated carbocycles. The molecule has 0 unspecified atom stereocenters. The smallest absolute Gasteiger partial charge is 0.213 e. The first kappa shape index (κ1) is 15.1. The number of piperazine rings is 1. The second-order valence-corrected chi connectivity index (χ2v) is 5.71. The summed E-state index contributed by atoms with van der Waals surface area (Å²) < 4.78 is 5.17. The third-order valence-electron chi connectivity index (χ3n) is 3.78. The predicted octanol–water partition coefficient (Wildman–Crippen LogP) is 2.46. The third-order valence-corrected chi connectivity index (χ3v) is 4.01. The number of anilines is 1. The molecule has 5 nitrogen and oxygen atoms in total. The highest BCUT2D eigenvalue weighted by molar-refractivity contribution is 6.30. The van der Waals surface area contributed by atoms with Gasteiger partial charge in [0.15, 0.2) is 0 Å². The molecule has 0 radical (unpaired) electrons. The molecule has 0 amide bonds. The lowest BCUT2D eigenvalue weighted by molar-refractivity contribution is 0.245. The maximum absolute atomic E-state index is 5.88. The molecule has 0 bridgehead atoms. The Morgan fingerprint density at radius 3 is 2.64 bits per heavy atom. The molecule has 0 spiro atoms. The number of ether oxygens (including phenoxy) is 1. The van der Waals surface area contributed by atoms with E-state index in [1.807, 2.05) is 30.3 Å². The van der Waals surface area contributed by atoms with E-state index in [9.17, 15) is 0 Å². The minimum absolute atomic E-state index is 0.668. The van der Waals surface area contributed by atoms with Crippen molar-refractivity contribution in [3.05, 3.63) is 47.2 Å². The molecule has 2 aromatic rings. The van der Waals surface area contributed by atoms with Gasteiger partial charge in [-0.25, -0.2) is 9.97 Å².